The van der Waals surface area contributed by atoms with E-state index in [2.05, 4.69) is 4.72 Å². The van der Waals surface area contributed by atoms with Crippen LogP contribution >= 0.6 is 0 Å². The minimum atomic E-state index is -3.74. The maximum atomic E-state index is 12.7. The molecule has 144 valence electrons. The van der Waals surface area contributed by atoms with Crippen molar-refractivity contribution < 1.29 is 23.1 Å². The number of anilines is 1. The Labute approximate surface area is 154 Å². The number of nitrogens with zero attached hydrogens (tertiary/aromatic N) is 1. The van der Waals surface area contributed by atoms with Crippen molar-refractivity contribution in [3.05, 3.63) is 18.2 Å². The van der Waals surface area contributed by atoms with E-state index in [-0.39, 0.29) is 29.4 Å². The van der Waals surface area contributed by atoms with E-state index in [1.165, 1.54) is 17.0 Å². The molecule has 0 bridgehead atoms. The number of benzene rings is 1. The summed E-state index contributed by atoms with van der Waals surface area (Å²) < 4.78 is 33.8. The molecule has 1 saturated carbocycles. The first-order valence-electron chi connectivity index (χ1n) is 8.82. The molecule has 1 aliphatic heterocycles. The van der Waals surface area contributed by atoms with Gasteiger partial charge in [-0.2, -0.15) is 0 Å². The largest absolute Gasteiger partial charge is 0.476 e. The van der Waals surface area contributed by atoms with Crippen LogP contribution in [0.5, 0.6) is 5.75 Å². The number of aliphatic hydroxyl groups is 1. The molecule has 2 aliphatic rings. The van der Waals surface area contributed by atoms with Crippen LogP contribution in [0.4, 0.5) is 5.69 Å². The Hall–Kier alpha value is -1.64. The molecule has 1 aromatic rings. The number of hydrogen-bond acceptors (Lipinski definition) is 5. The Balaban J connectivity index is 1.84. The molecule has 8 heteroatoms. The Kier molecular flexibility index (Phi) is 4.79. The van der Waals surface area contributed by atoms with E-state index in [4.69, 9.17) is 4.74 Å². The van der Waals surface area contributed by atoms with Gasteiger partial charge in [-0.25, -0.2) is 13.1 Å². The fourth-order valence-corrected chi connectivity index (χ4v) is 4.87. The third kappa shape index (κ3) is 3.33. The summed E-state index contributed by atoms with van der Waals surface area (Å²) >= 11 is 0. The first-order chi connectivity index (χ1) is 12.1. The lowest BCUT2D eigenvalue weighted by molar-refractivity contribution is -0.132. The van der Waals surface area contributed by atoms with Gasteiger partial charge in [-0.3, -0.25) is 4.79 Å². The summed E-state index contributed by atoms with van der Waals surface area (Å²) in [5, 5.41) is 9.66. The minimum Gasteiger partial charge on any atom is -0.476 e. The summed E-state index contributed by atoms with van der Waals surface area (Å²) in [6.07, 6.45) is 3.65. The van der Waals surface area contributed by atoms with Crippen LogP contribution in [0.25, 0.3) is 0 Å². The van der Waals surface area contributed by atoms with Crippen LogP contribution in [-0.2, 0) is 14.8 Å². The second-order valence-electron chi connectivity index (χ2n) is 7.80. The zero-order chi connectivity index (χ0) is 19.2. The topological polar surface area (TPSA) is 95.9 Å². The number of amides is 1. The first-order valence-corrected chi connectivity index (χ1v) is 10.3. The van der Waals surface area contributed by atoms with E-state index in [0.29, 0.717) is 11.4 Å². The average Bonchev–Trinajstić information content (AvgIpc) is 3.07. The average molecular weight is 382 g/mol. The van der Waals surface area contributed by atoms with Crippen LogP contribution in [0.15, 0.2) is 23.1 Å². The molecule has 0 spiro atoms. The lowest BCUT2D eigenvalue weighted by Crippen LogP contribution is -2.50. The Morgan fingerprint density at radius 1 is 1.27 bits per heavy atom. The van der Waals surface area contributed by atoms with Crippen LogP contribution in [0.3, 0.4) is 0 Å². The molecule has 1 heterocycles. The third-order valence-electron chi connectivity index (χ3n) is 5.42. The molecule has 0 aromatic heterocycles. The van der Waals surface area contributed by atoms with Crippen molar-refractivity contribution >= 4 is 21.6 Å². The minimum absolute atomic E-state index is 0.0239. The number of ether oxygens (including phenoxy) is 1. The summed E-state index contributed by atoms with van der Waals surface area (Å²) in [6, 6.07) is 4.49. The van der Waals surface area contributed by atoms with Crippen LogP contribution in [0, 0.1) is 5.41 Å². The maximum Gasteiger partial charge on any atom is 0.270 e. The third-order valence-corrected chi connectivity index (χ3v) is 6.82. The smallest absolute Gasteiger partial charge is 0.270 e. The monoisotopic (exact) mass is 382 g/mol. The van der Waals surface area contributed by atoms with Gasteiger partial charge in [0.15, 0.2) is 5.60 Å². The fraction of sp³-hybridized carbons (Fsp3) is 0.611. The van der Waals surface area contributed by atoms with Crippen molar-refractivity contribution in [2.24, 2.45) is 5.41 Å². The van der Waals surface area contributed by atoms with E-state index < -0.39 is 15.6 Å². The first kappa shape index (κ1) is 19.1. The standard InChI is InChI=1S/C18H26N2O5S/c1-17(2)16(22)20(3)14-7-6-13(10-15(14)25-17)26(23,24)19-11-18(12-21)8-4-5-9-18/h6-7,10,19,21H,4-5,8-9,11-12H2,1-3H3. The van der Waals surface area contributed by atoms with E-state index in [0.717, 1.165) is 25.7 Å². The number of carbonyl (C=O) groups excluding carboxylic acids is 1. The summed E-state index contributed by atoms with van der Waals surface area (Å²) in [4.78, 5) is 13.8. The van der Waals surface area contributed by atoms with Gasteiger partial charge in [0.05, 0.1) is 10.6 Å². The number of rotatable bonds is 5. The summed E-state index contributed by atoms with van der Waals surface area (Å²) in [7, 11) is -2.10. The Morgan fingerprint density at radius 3 is 2.54 bits per heavy atom. The van der Waals surface area contributed by atoms with Crippen molar-refractivity contribution in [1.29, 1.82) is 0 Å². The molecule has 7 nitrogen and oxygen atoms in total. The molecule has 1 aromatic carbocycles. The quantitative estimate of drug-likeness (QED) is 0.807. The van der Waals surface area contributed by atoms with Gasteiger partial charge < -0.3 is 14.7 Å². The maximum absolute atomic E-state index is 12.7. The van der Waals surface area contributed by atoms with Crippen molar-refractivity contribution in [3.8, 4) is 5.75 Å². The van der Waals surface area contributed by atoms with Gasteiger partial charge in [0.1, 0.15) is 5.75 Å². The van der Waals surface area contributed by atoms with Crippen LogP contribution in [0.2, 0.25) is 0 Å². The number of carbonyl (C=O) groups is 1. The van der Waals surface area contributed by atoms with Gasteiger partial charge in [-0.05, 0) is 38.8 Å². The molecule has 0 atom stereocenters. The molecule has 0 unspecified atom stereocenters. The van der Waals surface area contributed by atoms with Crippen molar-refractivity contribution in [1.82, 2.24) is 4.72 Å². The van der Waals surface area contributed by atoms with Crippen LogP contribution in [0.1, 0.15) is 39.5 Å². The van der Waals surface area contributed by atoms with Crippen molar-refractivity contribution in [3.63, 3.8) is 0 Å². The number of fused-ring (bicyclic) bond motifs is 1. The number of aliphatic hydroxyl groups excluding tert-OH is 1. The molecule has 0 saturated heterocycles. The van der Waals surface area contributed by atoms with Gasteiger partial charge in [-0.15, -0.1) is 0 Å². The fourth-order valence-electron chi connectivity index (χ4n) is 3.70. The van der Waals surface area contributed by atoms with Gasteiger partial charge in [0.2, 0.25) is 10.0 Å². The predicted octanol–water partition coefficient (Wildman–Crippen LogP) is 1.65. The second kappa shape index (κ2) is 6.51. The number of likely N-dealkylation sites (N-methyl/N-ethyl adjacent to an activating group) is 1. The number of hydrogen-bond donors (Lipinski definition) is 2. The van der Waals surface area contributed by atoms with Gasteiger partial charge in [-0.1, -0.05) is 12.8 Å². The SMILES string of the molecule is CN1C(=O)C(C)(C)Oc2cc(S(=O)(=O)NCC3(CO)CCCC3)ccc21. The van der Waals surface area contributed by atoms with Crippen molar-refractivity contribution in [2.45, 2.75) is 50.0 Å². The molecule has 1 fully saturated rings. The Bertz CT molecular complexity index is 813. The van der Waals surface area contributed by atoms with Crippen LogP contribution < -0.4 is 14.4 Å². The highest BCUT2D eigenvalue weighted by molar-refractivity contribution is 7.89. The molecular formula is C18H26N2O5S. The van der Waals surface area contributed by atoms with Gasteiger partial charge in [0, 0.05) is 31.7 Å². The number of sulfonamides is 1. The van der Waals surface area contributed by atoms with Crippen molar-refractivity contribution in [2.75, 3.05) is 25.1 Å². The van der Waals surface area contributed by atoms with Gasteiger partial charge in [0.25, 0.3) is 5.91 Å². The lowest BCUT2D eigenvalue weighted by atomic mass is 9.88. The zero-order valence-corrected chi connectivity index (χ0v) is 16.2. The molecule has 1 aliphatic carbocycles. The molecule has 0 radical (unpaired) electrons. The normalized spacial score (nSPS) is 21.4. The highest BCUT2D eigenvalue weighted by atomic mass is 32.2. The predicted molar refractivity (Wildman–Crippen MR) is 97.7 cm³/mol. The summed E-state index contributed by atoms with van der Waals surface area (Å²) in [5.41, 5.74) is -0.884. The number of nitrogens with one attached hydrogen (secondary N) is 1. The Morgan fingerprint density at radius 2 is 1.92 bits per heavy atom. The van der Waals surface area contributed by atoms with Gasteiger partial charge >= 0.3 is 0 Å². The second-order valence-corrected chi connectivity index (χ2v) is 9.56. The van der Waals surface area contributed by atoms with Crippen LogP contribution in [-0.4, -0.2) is 45.2 Å². The highest BCUT2D eigenvalue weighted by Crippen LogP contribution is 2.39. The molecule has 26 heavy (non-hydrogen) atoms. The lowest BCUT2D eigenvalue weighted by Gasteiger charge is -2.37. The molecule has 1 amide bonds. The highest BCUT2D eigenvalue weighted by Gasteiger charge is 2.40. The summed E-state index contributed by atoms with van der Waals surface area (Å²) in [6.45, 7) is 3.50. The van der Waals surface area contributed by atoms with E-state index in [1.54, 1.807) is 27.0 Å². The summed E-state index contributed by atoms with van der Waals surface area (Å²) in [5.74, 6) is 0.169. The zero-order valence-electron chi connectivity index (χ0n) is 15.4. The molecule has 3 rings (SSSR count). The van der Waals surface area contributed by atoms with E-state index in [9.17, 15) is 18.3 Å². The van der Waals surface area contributed by atoms with E-state index >= 15 is 0 Å². The molecule has 2 N–H and O–H groups in total. The molecular weight excluding hydrogens is 356 g/mol. The van der Waals surface area contributed by atoms with E-state index in [1.807, 2.05) is 0 Å².